The van der Waals surface area contributed by atoms with Crippen molar-refractivity contribution in [3.63, 3.8) is 0 Å². The standard InChI is InChI=1S/C30H26O8/c1-37-25-7-13(3-4-21(25)33)27-19-11-22(34)26(38-2)12-17(19)18-6-14-5-15(31)9-23(35)28(14)30(27)20-8-16(32)10-24(36)29(18)20/h3-5,7-12,18,27,30-36H,6H2,1-2H3. The Bertz CT molecular complexity index is 1610. The van der Waals surface area contributed by atoms with Gasteiger partial charge >= 0.3 is 0 Å². The summed E-state index contributed by atoms with van der Waals surface area (Å²) in [5.74, 6) is -1.79. The molecule has 38 heavy (non-hydrogen) atoms. The maximum Gasteiger partial charge on any atom is 0.160 e. The van der Waals surface area contributed by atoms with Crippen LogP contribution in [-0.2, 0) is 6.42 Å². The predicted molar refractivity (Wildman–Crippen MR) is 138 cm³/mol. The summed E-state index contributed by atoms with van der Waals surface area (Å²) in [7, 11) is 2.90. The molecule has 0 fully saturated rings. The van der Waals surface area contributed by atoms with Crippen LogP contribution >= 0.6 is 0 Å². The molecule has 194 valence electrons. The van der Waals surface area contributed by atoms with E-state index in [2.05, 4.69) is 0 Å². The molecule has 4 aromatic carbocycles. The highest BCUT2D eigenvalue weighted by Crippen LogP contribution is 2.60. The third-order valence-electron chi connectivity index (χ3n) is 7.81. The monoisotopic (exact) mass is 514 g/mol. The molecule has 6 N–H and O–H groups in total. The molecule has 0 saturated heterocycles. The minimum Gasteiger partial charge on any atom is -0.508 e. The first-order chi connectivity index (χ1) is 18.2. The number of fused-ring (bicyclic) bond motifs is 4. The molecule has 0 heterocycles. The minimum absolute atomic E-state index is 0.0481. The summed E-state index contributed by atoms with van der Waals surface area (Å²) < 4.78 is 10.8. The highest BCUT2D eigenvalue weighted by molar-refractivity contribution is 5.68. The molecule has 6 rings (SSSR count). The molecule has 0 aliphatic heterocycles. The summed E-state index contributed by atoms with van der Waals surface area (Å²) in [6.07, 6.45) is 0.325. The Kier molecular flexibility index (Phi) is 5.24. The molecule has 0 saturated carbocycles. The zero-order valence-corrected chi connectivity index (χ0v) is 20.6. The zero-order chi connectivity index (χ0) is 26.9. The van der Waals surface area contributed by atoms with Crippen molar-refractivity contribution < 1.29 is 40.1 Å². The van der Waals surface area contributed by atoms with Crippen molar-refractivity contribution in [1.82, 2.24) is 0 Å². The number of hydrogen-bond acceptors (Lipinski definition) is 8. The van der Waals surface area contributed by atoms with Gasteiger partial charge in [-0.2, -0.15) is 0 Å². The molecular formula is C30H26O8. The van der Waals surface area contributed by atoms with E-state index in [0.29, 0.717) is 34.2 Å². The first-order valence-electron chi connectivity index (χ1n) is 12.1. The molecule has 2 bridgehead atoms. The highest BCUT2D eigenvalue weighted by atomic mass is 16.5. The lowest BCUT2D eigenvalue weighted by Crippen LogP contribution is -2.18. The van der Waals surface area contributed by atoms with Crippen LogP contribution in [0.3, 0.4) is 0 Å². The second kappa shape index (κ2) is 8.41. The summed E-state index contributed by atoms with van der Waals surface area (Å²) >= 11 is 0. The lowest BCUT2D eigenvalue weighted by molar-refractivity contribution is 0.371. The van der Waals surface area contributed by atoms with Crippen LogP contribution in [0.5, 0.6) is 46.0 Å². The number of ether oxygens (including phenoxy) is 2. The number of methoxy groups -OCH3 is 2. The van der Waals surface area contributed by atoms with E-state index in [0.717, 1.165) is 11.1 Å². The van der Waals surface area contributed by atoms with Crippen LogP contribution in [0, 0.1) is 0 Å². The van der Waals surface area contributed by atoms with Gasteiger partial charge in [-0.05, 0) is 70.6 Å². The van der Waals surface area contributed by atoms with Crippen LogP contribution in [0.1, 0.15) is 56.7 Å². The number of aromatic hydroxyl groups is 6. The lowest BCUT2D eigenvalue weighted by Gasteiger charge is -2.32. The van der Waals surface area contributed by atoms with Crippen LogP contribution in [0.15, 0.2) is 54.6 Å². The van der Waals surface area contributed by atoms with E-state index in [-0.39, 0.29) is 46.0 Å². The molecule has 2 aliphatic rings. The van der Waals surface area contributed by atoms with Gasteiger partial charge in [0.15, 0.2) is 23.0 Å². The third-order valence-corrected chi connectivity index (χ3v) is 7.81. The van der Waals surface area contributed by atoms with Gasteiger partial charge in [0.1, 0.15) is 23.0 Å². The zero-order valence-electron chi connectivity index (χ0n) is 20.6. The molecule has 0 radical (unpaired) electrons. The van der Waals surface area contributed by atoms with Crippen molar-refractivity contribution in [1.29, 1.82) is 0 Å². The molecule has 2 aliphatic carbocycles. The fourth-order valence-corrected chi connectivity index (χ4v) is 6.35. The normalized spacial score (nSPS) is 19.1. The minimum atomic E-state index is -0.660. The summed E-state index contributed by atoms with van der Waals surface area (Å²) in [4.78, 5) is 0. The third kappa shape index (κ3) is 3.37. The van der Waals surface area contributed by atoms with Gasteiger partial charge in [-0.1, -0.05) is 6.07 Å². The van der Waals surface area contributed by atoms with Crippen molar-refractivity contribution in [2.75, 3.05) is 14.2 Å². The smallest absolute Gasteiger partial charge is 0.160 e. The van der Waals surface area contributed by atoms with Gasteiger partial charge in [0.2, 0.25) is 0 Å². The van der Waals surface area contributed by atoms with Crippen molar-refractivity contribution >= 4 is 0 Å². The molecule has 3 unspecified atom stereocenters. The lowest BCUT2D eigenvalue weighted by atomic mass is 9.71. The summed E-state index contributed by atoms with van der Waals surface area (Å²) in [5, 5.41) is 64.6. The number of hydrogen-bond donors (Lipinski definition) is 6. The molecule has 0 spiro atoms. The molecule has 3 atom stereocenters. The maximum atomic E-state index is 11.2. The van der Waals surface area contributed by atoms with Crippen molar-refractivity contribution in [2.24, 2.45) is 0 Å². The van der Waals surface area contributed by atoms with Crippen molar-refractivity contribution in [3.05, 3.63) is 93.5 Å². The van der Waals surface area contributed by atoms with Gasteiger partial charge in [-0.25, -0.2) is 0 Å². The van der Waals surface area contributed by atoms with Crippen molar-refractivity contribution in [2.45, 2.75) is 24.2 Å². The number of benzene rings is 4. The van der Waals surface area contributed by atoms with Gasteiger partial charge in [-0.15, -0.1) is 0 Å². The van der Waals surface area contributed by atoms with Gasteiger partial charge < -0.3 is 40.1 Å². The Balaban J connectivity index is 1.80. The van der Waals surface area contributed by atoms with Gasteiger partial charge in [0.05, 0.1) is 14.2 Å². The van der Waals surface area contributed by atoms with E-state index in [1.807, 2.05) is 0 Å². The van der Waals surface area contributed by atoms with Crippen LogP contribution < -0.4 is 9.47 Å². The molecular weight excluding hydrogens is 488 g/mol. The van der Waals surface area contributed by atoms with Crippen LogP contribution in [0.25, 0.3) is 0 Å². The fourth-order valence-electron chi connectivity index (χ4n) is 6.35. The number of phenolic OH excluding ortho intramolecular Hbond substituents is 6. The first kappa shape index (κ1) is 23.7. The summed E-state index contributed by atoms with van der Waals surface area (Å²) in [5.41, 5.74) is 4.58. The van der Waals surface area contributed by atoms with E-state index < -0.39 is 17.8 Å². The van der Waals surface area contributed by atoms with Gasteiger partial charge in [0.25, 0.3) is 0 Å². The Labute approximate surface area is 218 Å². The Morgan fingerprint density at radius 1 is 0.579 bits per heavy atom. The molecule has 0 amide bonds. The highest BCUT2D eigenvalue weighted by Gasteiger charge is 2.44. The fraction of sp³-hybridized carbons (Fsp3) is 0.200. The second-order valence-electron chi connectivity index (χ2n) is 9.80. The maximum absolute atomic E-state index is 11.2. The number of phenols is 6. The largest absolute Gasteiger partial charge is 0.508 e. The Hall–Kier alpha value is -4.72. The summed E-state index contributed by atoms with van der Waals surface area (Å²) in [6, 6.07) is 14.1. The van der Waals surface area contributed by atoms with Gasteiger partial charge in [0, 0.05) is 41.0 Å². The summed E-state index contributed by atoms with van der Waals surface area (Å²) in [6.45, 7) is 0. The van der Waals surface area contributed by atoms with E-state index in [1.165, 1.54) is 32.4 Å². The van der Waals surface area contributed by atoms with E-state index in [1.54, 1.807) is 36.4 Å². The Morgan fingerprint density at radius 3 is 1.95 bits per heavy atom. The molecule has 0 aromatic heterocycles. The SMILES string of the molecule is COc1cc(C2c3cc(O)c(OC)cc3C3Cc4cc(O)cc(O)c4C2c2cc(O)cc(O)c23)ccc1O. The van der Waals surface area contributed by atoms with E-state index in [9.17, 15) is 30.6 Å². The average Bonchev–Trinajstić information content (AvgIpc) is 3.06. The van der Waals surface area contributed by atoms with Crippen molar-refractivity contribution in [3.8, 4) is 46.0 Å². The van der Waals surface area contributed by atoms with Gasteiger partial charge in [-0.3, -0.25) is 0 Å². The van der Waals surface area contributed by atoms with Crippen LogP contribution in [-0.4, -0.2) is 44.9 Å². The van der Waals surface area contributed by atoms with Crippen LogP contribution in [0.4, 0.5) is 0 Å². The Morgan fingerprint density at radius 2 is 1.24 bits per heavy atom. The first-order valence-corrected chi connectivity index (χ1v) is 12.1. The molecule has 8 nitrogen and oxygen atoms in total. The quantitative estimate of drug-likeness (QED) is 0.227. The van der Waals surface area contributed by atoms with E-state index >= 15 is 0 Å². The van der Waals surface area contributed by atoms with E-state index in [4.69, 9.17) is 9.47 Å². The topological polar surface area (TPSA) is 140 Å². The predicted octanol–water partition coefficient (Wildman–Crippen LogP) is 4.90. The average molecular weight is 515 g/mol. The second-order valence-corrected chi connectivity index (χ2v) is 9.80. The number of rotatable bonds is 3. The van der Waals surface area contributed by atoms with Crippen LogP contribution in [0.2, 0.25) is 0 Å². The molecule has 4 aromatic rings. The molecule has 8 heteroatoms.